The lowest BCUT2D eigenvalue weighted by atomic mass is 9.95. The summed E-state index contributed by atoms with van der Waals surface area (Å²) in [5.41, 5.74) is 10.3. The number of nitrogens with two attached hydrogens (primary N) is 1. The SMILES string of the molecule is NCc1cc2c(nc1OCc1ccccc1Cl)CCCC2. The molecule has 3 rings (SSSR count). The Morgan fingerprint density at radius 2 is 1.95 bits per heavy atom. The number of fused-ring (bicyclic) bond motifs is 1. The Balaban J connectivity index is 1.83. The fourth-order valence-corrected chi connectivity index (χ4v) is 2.89. The second kappa shape index (κ2) is 6.46. The number of benzene rings is 1. The second-order valence-electron chi connectivity index (χ2n) is 5.35. The molecule has 4 heteroatoms. The van der Waals surface area contributed by atoms with Crippen molar-refractivity contribution < 1.29 is 4.74 Å². The maximum Gasteiger partial charge on any atom is 0.218 e. The normalized spacial score (nSPS) is 13.8. The van der Waals surface area contributed by atoms with Crippen molar-refractivity contribution >= 4 is 11.6 Å². The van der Waals surface area contributed by atoms with Crippen molar-refractivity contribution in [2.24, 2.45) is 5.73 Å². The highest BCUT2D eigenvalue weighted by molar-refractivity contribution is 6.31. The largest absolute Gasteiger partial charge is 0.472 e. The molecule has 1 aliphatic rings. The summed E-state index contributed by atoms with van der Waals surface area (Å²) in [6, 6.07) is 9.85. The van der Waals surface area contributed by atoms with Crippen molar-refractivity contribution in [3.05, 3.63) is 57.7 Å². The number of halogens is 1. The predicted octanol–water partition coefficient (Wildman–Crippen LogP) is 3.65. The quantitative estimate of drug-likeness (QED) is 0.938. The van der Waals surface area contributed by atoms with E-state index in [-0.39, 0.29) is 0 Å². The van der Waals surface area contributed by atoms with Crippen molar-refractivity contribution in [3.8, 4) is 5.88 Å². The van der Waals surface area contributed by atoms with E-state index in [0.717, 1.165) is 29.7 Å². The molecule has 1 aromatic carbocycles. The highest BCUT2D eigenvalue weighted by Gasteiger charge is 2.15. The van der Waals surface area contributed by atoms with Crippen molar-refractivity contribution in [1.29, 1.82) is 0 Å². The summed E-state index contributed by atoms with van der Waals surface area (Å²) in [6.07, 6.45) is 4.56. The molecule has 0 bridgehead atoms. The van der Waals surface area contributed by atoms with Gasteiger partial charge in [-0.15, -0.1) is 0 Å². The minimum Gasteiger partial charge on any atom is -0.472 e. The van der Waals surface area contributed by atoms with E-state index in [9.17, 15) is 0 Å². The molecule has 2 N–H and O–H groups in total. The van der Waals surface area contributed by atoms with E-state index in [0.29, 0.717) is 24.1 Å². The number of aromatic nitrogens is 1. The van der Waals surface area contributed by atoms with Gasteiger partial charge in [-0.3, -0.25) is 0 Å². The molecule has 0 saturated heterocycles. The summed E-state index contributed by atoms with van der Waals surface area (Å²) in [5.74, 6) is 0.651. The molecule has 21 heavy (non-hydrogen) atoms. The minimum absolute atomic E-state index is 0.415. The maximum atomic E-state index is 6.15. The van der Waals surface area contributed by atoms with Crippen LogP contribution in [0, 0.1) is 0 Å². The molecule has 0 amide bonds. The van der Waals surface area contributed by atoms with Crippen molar-refractivity contribution in [2.75, 3.05) is 0 Å². The number of ether oxygens (including phenoxy) is 1. The molecular formula is C17H19ClN2O. The number of hydrogen-bond acceptors (Lipinski definition) is 3. The number of rotatable bonds is 4. The molecule has 1 aliphatic carbocycles. The zero-order valence-electron chi connectivity index (χ0n) is 11.9. The van der Waals surface area contributed by atoms with E-state index >= 15 is 0 Å². The minimum atomic E-state index is 0.415. The monoisotopic (exact) mass is 302 g/mol. The predicted molar refractivity (Wildman–Crippen MR) is 84.6 cm³/mol. The lowest BCUT2D eigenvalue weighted by Crippen LogP contribution is -2.11. The topological polar surface area (TPSA) is 48.1 Å². The van der Waals surface area contributed by atoms with Gasteiger partial charge < -0.3 is 10.5 Å². The molecular weight excluding hydrogens is 284 g/mol. The summed E-state index contributed by atoms with van der Waals surface area (Å²) in [4.78, 5) is 4.68. The van der Waals surface area contributed by atoms with E-state index in [2.05, 4.69) is 11.1 Å². The summed E-state index contributed by atoms with van der Waals surface area (Å²) >= 11 is 6.15. The van der Waals surface area contributed by atoms with Crippen LogP contribution in [-0.4, -0.2) is 4.98 Å². The number of hydrogen-bond donors (Lipinski definition) is 1. The zero-order valence-corrected chi connectivity index (χ0v) is 12.7. The fraction of sp³-hybridized carbons (Fsp3) is 0.353. The van der Waals surface area contributed by atoms with Crippen LogP contribution in [0.4, 0.5) is 0 Å². The van der Waals surface area contributed by atoms with Crippen molar-refractivity contribution in [3.63, 3.8) is 0 Å². The Hall–Kier alpha value is -1.58. The number of nitrogens with zero attached hydrogens (tertiary/aromatic N) is 1. The van der Waals surface area contributed by atoms with Crippen molar-refractivity contribution in [2.45, 2.75) is 38.8 Å². The van der Waals surface area contributed by atoms with Gasteiger partial charge in [0, 0.05) is 28.4 Å². The maximum absolute atomic E-state index is 6.15. The molecule has 0 saturated carbocycles. The molecule has 0 aliphatic heterocycles. The highest BCUT2D eigenvalue weighted by Crippen LogP contribution is 2.27. The lowest BCUT2D eigenvalue weighted by Gasteiger charge is -2.18. The van der Waals surface area contributed by atoms with Crippen molar-refractivity contribution in [1.82, 2.24) is 4.98 Å². The molecule has 0 atom stereocenters. The Bertz CT molecular complexity index is 643. The van der Waals surface area contributed by atoms with Gasteiger partial charge in [-0.2, -0.15) is 0 Å². The van der Waals surface area contributed by atoms with Gasteiger partial charge in [-0.25, -0.2) is 4.98 Å². The first-order chi connectivity index (χ1) is 10.3. The summed E-state index contributed by atoms with van der Waals surface area (Å²) in [6.45, 7) is 0.858. The molecule has 3 nitrogen and oxygen atoms in total. The van der Waals surface area contributed by atoms with Crippen LogP contribution in [-0.2, 0) is 26.0 Å². The van der Waals surface area contributed by atoms with E-state index in [1.54, 1.807) is 0 Å². The smallest absolute Gasteiger partial charge is 0.218 e. The molecule has 1 heterocycles. The van der Waals surface area contributed by atoms with Gasteiger partial charge >= 0.3 is 0 Å². The molecule has 110 valence electrons. The zero-order chi connectivity index (χ0) is 14.7. The third-order valence-electron chi connectivity index (χ3n) is 3.88. The molecule has 0 radical (unpaired) electrons. The Morgan fingerprint density at radius 1 is 1.14 bits per heavy atom. The highest BCUT2D eigenvalue weighted by atomic mass is 35.5. The average molecular weight is 303 g/mol. The summed E-state index contributed by atoms with van der Waals surface area (Å²) < 4.78 is 5.89. The van der Waals surface area contributed by atoms with Gasteiger partial charge in [0.05, 0.1) is 0 Å². The van der Waals surface area contributed by atoms with Gasteiger partial charge in [0.2, 0.25) is 5.88 Å². The Morgan fingerprint density at radius 3 is 2.76 bits per heavy atom. The first-order valence-corrected chi connectivity index (χ1v) is 7.73. The fourth-order valence-electron chi connectivity index (χ4n) is 2.70. The van der Waals surface area contributed by atoms with Crippen LogP contribution >= 0.6 is 11.6 Å². The number of aryl methyl sites for hydroxylation is 2. The standard InChI is InChI=1S/C17H19ClN2O/c18-15-7-3-1-6-13(15)11-21-17-14(10-19)9-12-5-2-4-8-16(12)20-17/h1,3,6-7,9H,2,4-5,8,10-11,19H2. The molecule has 0 spiro atoms. The van der Waals surface area contributed by atoms with Gasteiger partial charge in [0.25, 0.3) is 0 Å². The molecule has 0 fully saturated rings. The van der Waals surface area contributed by atoms with Crippen LogP contribution in [0.25, 0.3) is 0 Å². The van der Waals surface area contributed by atoms with Gasteiger partial charge in [0.15, 0.2) is 0 Å². The lowest BCUT2D eigenvalue weighted by molar-refractivity contribution is 0.289. The van der Waals surface area contributed by atoms with Crippen LogP contribution in [0.15, 0.2) is 30.3 Å². The van der Waals surface area contributed by atoms with Crippen LogP contribution in [0.1, 0.15) is 35.2 Å². The molecule has 0 unspecified atom stereocenters. The average Bonchev–Trinajstić information content (AvgIpc) is 2.53. The first kappa shape index (κ1) is 14.4. The van der Waals surface area contributed by atoms with Crippen LogP contribution in [0.3, 0.4) is 0 Å². The third kappa shape index (κ3) is 3.20. The van der Waals surface area contributed by atoms with E-state index < -0.39 is 0 Å². The Kier molecular flexibility index (Phi) is 4.42. The Labute approximate surface area is 130 Å². The third-order valence-corrected chi connectivity index (χ3v) is 4.25. The van der Waals surface area contributed by atoms with Gasteiger partial charge in [-0.05, 0) is 43.4 Å². The van der Waals surface area contributed by atoms with Crippen LogP contribution in [0.2, 0.25) is 5.02 Å². The van der Waals surface area contributed by atoms with Gasteiger partial charge in [-0.1, -0.05) is 29.8 Å². The summed E-state index contributed by atoms with van der Waals surface area (Å²) in [5, 5.41) is 0.713. The second-order valence-corrected chi connectivity index (χ2v) is 5.76. The molecule has 1 aromatic heterocycles. The van der Waals surface area contributed by atoms with E-state index in [4.69, 9.17) is 22.1 Å². The van der Waals surface area contributed by atoms with E-state index in [1.807, 2.05) is 24.3 Å². The van der Waals surface area contributed by atoms with E-state index in [1.165, 1.54) is 18.4 Å². The summed E-state index contributed by atoms with van der Waals surface area (Å²) in [7, 11) is 0. The first-order valence-electron chi connectivity index (χ1n) is 7.36. The van der Waals surface area contributed by atoms with Crippen LogP contribution < -0.4 is 10.5 Å². The van der Waals surface area contributed by atoms with Crippen LogP contribution in [0.5, 0.6) is 5.88 Å². The van der Waals surface area contributed by atoms with Gasteiger partial charge in [0.1, 0.15) is 6.61 Å². The number of pyridine rings is 1. The molecule has 2 aromatic rings.